The molecule has 162 valence electrons. The summed E-state index contributed by atoms with van der Waals surface area (Å²) in [4.78, 5) is 18.3. The van der Waals surface area contributed by atoms with Crippen molar-refractivity contribution in [1.29, 1.82) is 0 Å². The van der Waals surface area contributed by atoms with Crippen molar-refractivity contribution in [2.45, 2.75) is 12.8 Å². The third-order valence-corrected chi connectivity index (χ3v) is 5.65. The van der Waals surface area contributed by atoms with Gasteiger partial charge >= 0.3 is 0 Å². The van der Waals surface area contributed by atoms with E-state index < -0.39 is 0 Å². The van der Waals surface area contributed by atoms with E-state index in [1.54, 1.807) is 12.4 Å². The molecule has 0 spiro atoms. The Morgan fingerprint density at radius 1 is 1.10 bits per heavy atom. The van der Waals surface area contributed by atoms with Gasteiger partial charge in [-0.15, -0.1) is 0 Å². The van der Waals surface area contributed by atoms with E-state index in [0.717, 1.165) is 48.9 Å². The monoisotopic (exact) mass is 419 g/mol. The Morgan fingerprint density at radius 2 is 1.90 bits per heavy atom. The second kappa shape index (κ2) is 10.2. The second-order valence-electron chi connectivity index (χ2n) is 7.85. The van der Waals surface area contributed by atoms with Gasteiger partial charge in [-0.25, -0.2) is 9.97 Å². The lowest BCUT2D eigenvalue weighted by Crippen LogP contribution is -2.35. The summed E-state index contributed by atoms with van der Waals surface area (Å²) in [7, 11) is 2.02. The van der Waals surface area contributed by atoms with Gasteiger partial charge in [0, 0.05) is 50.8 Å². The van der Waals surface area contributed by atoms with Crippen molar-refractivity contribution in [2.24, 2.45) is 5.92 Å². The molecule has 1 fully saturated rings. The highest BCUT2D eigenvalue weighted by atomic mass is 16.5. The molecule has 0 unspecified atom stereocenters. The number of aliphatic hydroxyl groups is 1. The molecule has 1 saturated heterocycles. The highest BCUT2D eigenvalue weighted by Crippen LogP contribution is 2.27. The number of nitrogens with zero attached hydrogens (tertiary/aromatic N) is 5. The smallest absolute Gasteiger partial charge is 0.165 e. The molecule has 0 radical (unpaired) electrons. The van der Waals surface area contributed by atoms with Crippen molar-refractivity contribution in [3.8, 4) is 17.1 Å². The first-order valence-electron chi connectivity index (χ1n) is 10.8. The van der Waals surface area contributed by atoms with Crippen LogP contribution in [0.5, 0.6) is 5.75 Å². The Hall–Kier alpha value is -3.19. The first kappa shape index (κ1) is 21.1. The van der Waals surface area contributed by atoms with E-state index in [0.29, 0.717) is 24.9 Å². The fraction of sp³-hybridized carbons (Fsp3) is 0.375. The van der Waals surface area contributed by atoms with Crippen LogP contribution in [0.2, 0.25) is 0 Å². The zero-order valence-electron chi connectivity index (χ0n) is 17.9. The van der Waals surface area contributed by atoms with Gasteiger partial charge in [0.2, 0.25) is 0 Å². The highest BCUT2D eigenvalue weighted by molar-refractivity contribution is 5.61. The number of anilines is 2. The molecule has 0 amide bonds. The average molecular weight is 420 g/mol. The van der Waals surface area contributed by atoms with Crippen molar-refractivity contribution in [2.75, 3.05) is 49.7 Å². The molecule has 4 rings (SSSR count). The lowest BCUT2D eigenvalue weighted by atomic mass is 9.98. The van der Waals surface area contributed by atoms with Crippen LogP contribution in [-0.4, -0.2) is 60.0 Å². The van der Waals surface area contributed by atoms with Crippen LogP contribution < -0.4 is 14.5 Å². The summed E-state index contributed by atoms with van der Waals surface area (Å²) in [5.41, 5.74) is 0.893. The van der Waals surface area contributed by atoms with E-state index in [4.69, 9.17) is 14.7 Å². The number of piperidine rings is 1. The second-order valence-corrected chi connectivity index (χ2v) is 7.85. The average Bonchev–Trinajstić information content (AvgIpc) is 2.85. The molecular weight excluding hydrogens is 390 g/mol. The number of benzene rings is 1. The normalized spacial score (nSPS) is 14.5. The zero-order valence-corrected chi connectivity index (χ0v) is 17.9. The standard InChI is InChI=1S/C24H29N5O2/c1-28(14-15-31-21-7-3-2-4-8-21)22-16-23(29-12-9-19(18-30)10-13-29)27-24(26-22)20-6-5-11-25-17-20/h2-8,11,16-17,19,30H,9-10,12-15,18H2,1H3. The summed E-state index contributed by atoms with van der Waals surface area (Å²) in [6, 6.07) is 15.7. The van der Waals surface area contributed by atoms with Crippen LogP contribution in [-0.2, 0) is 0 Å². The molecule has 1 N–H and O–H groups in total. The van der Waals surface area contributed by atoms with Crippen LogP contribution >= 0.6 is 0 Å². The summed E-state index contributed by atoms with van der Waals surface area (Å²) in [6.07, 6.45) is 5.48. The Kier molecular flexibility index (Phi) is 6.94. The van der Waals surface area contributed by atoms with Crippen LogP contribution in [0.4, 0.5) is 11.6 Å². The van der Waals surface area contributed by atoms with Gasteiger partial charge in [-0.2, -0.15) is 0 Å². The van der Waals surface area contributed by atoms with E-state index in [1.165, 1.54) is 0 Å². The lowest BCUT2D eigenvalue weighted by molar-refractivity contribution is 0.203. The van der Waals surface area contributed by atoms with Crippen LogP contribution in [0.25, 0.3) is 11.4 Å². The number of aliphatic hydroxyl groups excluding tert-OH is 1. The third-order valence-electron chi connectivity index (χ3n) is 5.65. The summed E-state index contributed by atoms with van der Waals surface area (Å²) in [5.74, 6) is 3.68. The molecular formula is C24H29N5O2. The maximum Gasteiger partial charge on any atom is 0.165 e. The van der Waals surface area contributed by atoms with E-state index in [2.05, 4.69) is 14.8 Å². The molecule has 3 heterocycles. The van der Waals surface area contributed by atoms with E-state index in [9.17, 15) is 5.11 Å². The molecule has 31 heavy (non-hydrogen) atoms. The first-order chi connectivity index (χ1) is 15.2. The number of likely N-dealkylation sites (N-methyl/N-ethyl adjacent to an activating group) is 1. The Labute approximate surface area is 183 Å². The van der Waals surface area contributed by atoms with Crippen LogP contribution in [0.15, 0.2) is 60.9 Å². The Balaban J connectivity index is 1.52. The van der Waals surface area contributed by atoms with Crippen LogP contribution in [0.1, 0.15) is 12.8 Å². The van der Waals surface area contributed by atoms with Gasteiger partial charge in [0.1, 0.15) is 24.0 Å². The fourth-order valence-corrected chi connectivity index (χ4v) is 3.68. The zero-order chi connectivity index (χ0) is 21.5. The van der Waals surface area contributed by atoms with Crippen molar-refractivity contribution in [1.82, 2.24) is 15.0 Å². The maximum absolute atomic E-state index is 9.45. The number of hydrogen-bond acceptors (Lipinski definition) is 7. The minimum Gasteiger partial charge on any atom is -0.492 e. The van der Waals surface area contributed by atoms with Crippen molar-refractivity contribution >= 4 is 11.6 Å². The molecule has 7 heteroatoms. The minimum absolute atomic E-state index is 0.258. The number of rotatable bonds is 8. The van der Waals surface area contributed by atoms with Crippen LogP contribution in [0, 0.1) is 5.92 Å². The maximum atomic E-state index is 9.45. The van der Waals surface area contributed by atoms with Gasteiger partial charge in [0.25, 0.3) is 0 Å². The molecule has 2 aromatic heterocycles. The quantitative estimate of drug-likeness (QED) is 0.601. The molecule has 1 aliphatic rings. The van der Waals surface area contributed by atoms with Gasteiger partial charge in [0.05, 0.1) is 6.54 Å². The number of aromatic nitrogens is 3. The molecule has 1 aliphatic heterocycles. The van der Waals surface area contributed by atoms with Gasteiger partial charge in [0.15, 0.2) is 5.82 Å². The van der Waals surface area contributed by atoms with Gasteiger partial charge < -0.3 is 19.6 Å². The predicted octanol–water partition coefficient (Wildman–Crippen LogP) is 3.26. The van der Waals surface area contributed by atoms with Crippen LogP contribution in [0.3, 0.4) is 0 Å². The minimum atomic E-state index is 0.258. The highest BCUT2D eigenvalue weighted by Gasteiger charge is 2.21. The van der Waals surface area contributed by atoms with Crippen molar-refractivity contribution in [3.05, 3.63) is 60.9 Å². The summed E-state index contributed by atoms with van der Waals surface area (Å²) in [6.45, 7) is 3.28. The van der Waals surface area contributed by atoms with E-state index in [-0.39, 0.29) is 6.61 Å². The molecule has 1 aromatic carbocycles. The Bertz CT molecular complexity index is 947. The predicted molar refractivity (Wildman–Crippen MR) is 122 cm³/mol. The molecule has 0 atom stereocenters. The van der Waals surface area contributed by atoms with Gasteiger partial charge in [-0.1, -0.05) is 18.2 Å². The summed E-state index contributed by atoms with van der Waals surface area (Å²) in [5, 5.41) is 9.45. The fourth-order valence-electron chi connectivity index (χ4n) is 3.68. The van der Waals surface area contributed by atoms with Crippen molar-refractivity contribution in [3.63, 3.8) is 0 Å². The number of pyridine rings is 1. The largest absolute Gasteiger partial charge is 0.492 e. The summed E-state index contributed by atoms with van der Waals surface area (Å²) < 4.78 is 5.85. The summed E-state index contributed by atoms with van der Waals surface area (Å²) >= 11 is 0. The van der Waals surface area contributed by atoms with E-state index >= 15 is 0 Å². The third kappa shape index (κ3) is 5.49. The first-order valence-corrected chi connectivity index (χ1v) is 10.8. The molecule has 0 aliphatic carbocycles. The molecule has 0 bridgehead atoms. The van der Waals surface area contributed by atoms with Crippen molar-refractivity contribution < 1.29 is 9.84 Å². The van der Waals surface area contributed by atoms with E-state index in [1.807, 2.05) is 55.6 Å². The SMILES string of the molecule is CN(CCOc1ccccc1)c1cc(N2CCC(CO)CC2)nc(-c2cccnc2)n1. The number of hydrogen-bond donors (Lipinski definition) is 1. The van der Waals surface area contributed by atoms with Gasteiger partial charge in [-0.3, -0.25) is 4.98 Å². The van der Waals surface area contributed by atoms with Gasteiger partial charge in [-0.05, 0) is 43.0 Å². The topological polar surface area (TPSA) is 74.6 Å². The molecule has 3 aromatic rings. The Morgan fingerprint density at radius 3 is 2.61 bits per heavy atom. The number of para-hydroxylation sites is 1. The molecule has 0 saturated carbocycles. The number of ether oxygens (including phenoxy) is 1. The molecule has 7 nitrogen and oxygen atoms in total. The lowest BCUT2D eigenvalue weighted by Gasteiger charge is -2.32.